The summed E-state index contributed by atoms with van der Waals surface area (Å²) >= 11 is 5.86. The Morgan fingerprint density at radius 2 is 1.81 bits per heavy atom. The smallest absolute Gasteiger partial charge is 0.251 e. The maximum absolute atomic E-state index is 12.3. The van der Waals surface area contributed by atoms with Crippen molar-refractivity contribution in [2.45, 2.75) is 19.8 Å². The summed E-state index contributed by atoms with van der Waals surface area (Å²) in [7, 11) is -1.91. The summed E-state index contributed by atoms with van der Waals surface area (Å²) in [5, 5.41) is 3.58. The first-order chi connectivity index (χ1) is 12.2. The van der Waals surface area contributed by atoms with E-state index in [1.165, 1.54) is 11.4 Å². The molecule has 7 heteroatoms. The summed E-state index contributed by atoms with van der Waals surface area (Å²) < 4.78 is 24.7. The second-order valence-electron chi connectivity index (χ2n) is 6.22. The van der Waals surface area contributed by atoms with Crippen LogP contribution in [0.3, 0.4) is 0 Å². The van der Waals surface area contributed by atoms with Crippen molar-refractivity contribution in [3.05, 3.63) is 64.2 Å². The highest BCUT2D eigenvalue weighted by Crippen LogP contribution is 2.22. The van der Waals surface area contributed by atoms with Crippen LogP contribution < -0.4 is 9.62 Å². The van der Waals surface area contributed by atoms with Crippen molar-refractivity contribution in [2.75, 3.05) is 24.2 Å². The normalized spacial score (nSPS) is 11.2. The van der Waals surface area contributed by atoms with Crippen LogP contribution in [0.5, 0.6) is 0 Å². The molecule has 0 aliphatic rings. The third-order valence-electron chi connectivity index (χ3n) is 4.15. The van der Waals surface area contributed by atoms with Crippen molar-refractivity contribution >= 4 is 33.2 Å². The summed E-state index contributed by atoms with van der Waals surface area (Å²) in [4.78, 5) is 12.3. The van der Waals surface area contributed by atoms with E-state index in [4.69, 9.17) is 11.6 Å². The van der Waals surface area contributed by atoms with Gasteiger partial charge >= 0.3 is 0 Å². The van der Waals surface area contributed by atoms with Crippen LogP contribution in [0.15, 0.2) is 42.5 Å². The van der Waals surface area contributed by atoms with Crippen LogP contribution in [0.2, 0.25) is 5.02 Å². The first kappa shape index (κ1) is 20.3. The fourth-order valence-corrected chi connectivity index (χ4v) is 3.20. The van der Waals surface area contributed by atoms with Crippen LogP contribution in [0, 0.1) is 6.92 Å². The Bertz CT molecular complexity index is 880. The number of rotatable bonds is 7. The molecule has 0 saturated heterocycles. The van der Waals surface area contributed by atoms with Crippen molar-refractivity contribution in [3.63, 3.8) is 0 Å². The minimum Gasteiger partial charge on any atom is -0.352 e. The zero-order valence-corrected chi connectivity index (χ0v) is 16.7. The van der Waals surface area contributed by atoms with Crippen LogP contribution in [0.25, 0.3) is 0 Å². The number of carbonyl (C=O) groups excluding carboxylic acids is 1. The number of hydrogen-bond acceptors (Lipinski definition) is 3. The molecule has 2 aromatic carbocycles. The molecule has 0 heterocycles. The van der Waals surface area contributed by atoms with Crippen LogP contribution in [-0.4, -0.2) is 34.2 Å². The molecule has 0 aromatic heterocycles. The van der Waals surface area contributed by atoms with E-state index in [9.17, 15) is 13.2 Å². The molecule has 0 radical (unpaired) electrons. The van der Waals surface area contributed by atoms with Crippen LogP contribution >= 0.6 is 11.6 Å². The zero-order chi connectivity index (χ0) is 19.3. The van der Waals surface area contributed by atoms with Crippen molar-refractivity contribution < 1.29 is 13.2 Å². The quantitative estimate of drug-likeness (QED) is 0.732. The van der Waals surface area contributed by atoms with Gasteiger partial charge in [-0.3, -0.25) is 9.10 Å². The van der Waals surface area contributed by atoms with E-state index < -0.39 is 10.0 Å². The predicted octanol–water partition coefficient (Wildman–Crippen LogP) is 3.41. The fourth-order valence-electron chi connectivity index (χ4n) is 2.52. The van der Waals surface area contributed by atoms with E-state index in [2.05, 4.69) is 5.32 Å². The van der Waals surface area contributed by atoms with E-state index in [-0.39, 0.29) is 5.91 Å². The van der Waals surface area contributed by atoms with Gasteiger partial charge in [-0.25, -0.2) is 8.42 Å². The van der Waals surface area contributed by atoms with Gasteiger partial charge in [-0.2, -0.15) is 0 Å². The molecule has 2 aromatic rings. The third kappa shape index (κ3) is 5.47. The van der Waals surface area contributed by atoms with Gasteiger partial charge in [-0.05, 0) is 55.2 Å². The summed E-state index contributed by atoms with van der Waals surface area (Å²) in [5.74, 6) is -0.218. The third-order valence-corrected chi connectivity index (χ3v) is 5.59. The molecule has 0 fully saturated rings. The molecule has 1 amide bonds. The molecular formula is C19H23ClN2O3S. The molecule has 26 heavy (non-hydrogen) atoms. The number of halogens is 1. The minimum atomic E-state index is -3.38. The average molecular weight is 395 g/mol. The molecule has 0 unspecified atom stereocenters. The van der Waals surface area contributed by atoms with Crippen LogP contribution in [-0.2, 0) is 16.4 Å². The van der Waals surface area contributed by atoms with Gasteiger partial charge in [0.2, 0.25) is 10.0 Å². The van der Waals surface area contributed by atoms with Crippen molar-refractivity contribution in [1.29, 1.82) is 0 Å². The number of aryl methyl sites for hydroxylation is 2. The Labute approximate surface area is 160 Å². The highest BCUT2D eigenvalue weighted by Gasteiger charge is 2.16. The summed E-state index contributed by atoms with van der Waals surface area (Å²) in [6.07, 6.45) is 2.78. The molecule has 140 valence electrons. The van der Waals surface area contributed by atoms with E-state index in [1.54, 1.807) is 18.2 Å². The molecule has 0 aliphatic heterocycles. The lowest BCUT2D eigenvalue weighted by Gasteiger charge is -2.19. The lowest BCUT2D eigenvalue weighted by molar-refractivity contribution is 0.0953. The number of sulfonamides is 1. The zero-order valence-electron chi connectivity index (χ0n) is 15.1. The lowest BCUT2D eigenvalue weighted by Crippen LogP contribution is -2.27. The van der Waals surface area contributed by atoms with Gasteiger partial charge in [0, 0.05) is 24.2 Å². The van der Waals surface area contributed by atoms with Crippen molar-refractivity contribution in [1.82, 2.24) is 5.32 Å². The monoisotopic (exact) mass is 394 g/mol. The topological polar surface area (TPSA) is 66.5 Å². The molecule has 0 spiro atoms. The van der Waals surface area contributed by atoms with Gasteiger partial charge in [-0.15, -0.1) is 0 Å². The summed E-state index contributed by atoms with van der Waals surface area (Å²) in [6, 6.07) is 12.7. The maximum Gasteiger partial charge on any atom is 0.251 e. The molecule has 5 nitrogen and oxygen atoms in total. The molecule has 0 saturated carbocycles. The number of hydrogen-bond donors (Lipinski definition) is 1. The lowest BCUT2D eigenvalue weighted by atomic mass is 10.1. The van der Waals surface area contributed by atoms with Crippen LogP contribution in [0.4, 0.5) is 5.69 Å². The largest absolute Gasteiger partial charge is 0.352 e. The van der Waals surface area contributed by atoms with E-state index in [1.807, 2.05) is 31.2 Å². The van der Waals surface area contributed by atoms with Crippen molar-refractivity contribution in [3.8, 4) is 0 Å². The standard InChI is InChI=1S/C19H23ClN2O3S/c1-14-6-9-16(13-18(14)22(2)26(3,24)25)19(23)21-12-4-5-15-7-10-17(20)11-8-15/h6-11,13H,4-5,12H2,1-3H3,(H,21,23). The Morgan fingerprint density at radius 3 is 2.42 bits per heavy atom. The Morgan fingerprint density at radius 1 is 1.15 bits per heavy atom. The van der Waals surface area contributed by atoms with Gasteiger partial charge in [0.05, 0.1) is 11.9 Å². The fraction of sp³-hybridized carbons (Fsp3) is 0.316. The highest BCUT2D eigenvalue weighted by atomic mass is 35.5. The predicted molar refractivity (Wildman–Crippen MR) is 107 cm³/mol. The second kappa shape index (κ2) is 8.56. The highest BCUT2D eigenvalue weighted by molar-refractivity contribution is 7.92. The maximum atomic E-state index is 12.3. The Kier molecular flexibility index (Phi) is 6.67. The first-order valence-corrected chi connectivity index (χ1v) is 10.5. The summed E-state index contributed by atoms with van der Waals surface area (Å²) in [5.41, 5.74) is 2.89. The number of amides is 1. The van der Waals surface area contributed by atoms with Gasteiger partial charge < -0.3 is 5.32 Å². The SMILES string of the molecule is Cc1ccc(C(=O)NCCCc2ccc(Cl)cc2)cc1N(C)S(C)(=O)=O. The Balaban J connectivity index is 1.96. The van der Waals surface area contributed by atoms with E-state index in [0.717, 1.165) is 30.2 Å². The molecule has 2 rings (SSSR count). The van der Waals surface area contributed by atoms with Gasteiger partial charge in [0.15, 0.2) is 0 Å². The minimum absolute atomic E-state index is 0.218. The summed E-state index contributed by atoms with van der Waals surface area (Å²) in [6.45, 7) is 2.34. The average Bonchev–Trinajstić information content (AvgIpc) is 2.59. The molecule has 0 atom stereocenters. The number of nitrogens with one attached hydrogen (secondary N) is 1. The van der Waals surface area contributed by atoms with Gasteiger partial charge in [-0.1, -0.05) is 29.8 Å². The number of benzene rings is 2. The molecule has 0 aliphatic carbocycles. The number of nitrogens with zero attached hydrogens (tertiary/aromatic N) is 1. The van der Waals surface area contributed by atoms with Crippen molar-refractivity contribution in [2.24, 2.45) is 0 Å². The Hall–Kier alpha value is -2.05. The van der Waals surface area contributed by atoms with Gasteiger partial charge in [0.25, 0.3) is 5.91 Å². The van der Waals surface area contributed by atoms with E-state index in [0.29, 0.717) is 22.8 Å². The molecule has 0 bridgehead atoms. The number of carbonyl (C=O) groups is 1. The molecule has 1 N–H and O–H groups in total. The number of anilines is 1. The van der Waals surface area contributed by atoms with Crippen LogP contribution in [0.1, 0.15) is 27.9 Å². The van der Waals surface area contributed by atoms with E-state index >= 15 is 0 Å². The first-order valence-electron chi connectivity index (χ1n) is 8.25. The van der Waals surface area contributed by atoms with Gasteiger partial charge in [0.1, 0.15) is 0 Å². The second-order valence-corrected chi connectivity index (χ2v) is 8.67. The molecular weight excluding hydrogens is 372 g/mol.